The summed E-state index contributed by atoms with van der Waals surface area (Å²) in [6.45, 7) is 0.615. The molecular formula is C25H20ClFN8O2. The largest absolute Gasteiger partial charge is 0.477 e. The molecule has 0 bridgehead atoms. The van der Waals surface area contributed by atoms with Crippen LogP contribution >= 0.6 is 11.6 Å². The molecule has 37 heavy (non-hydrogen) atoms. The quantitative estimate of drug-likeness (QED) is 0.438. The summed E-state index contributed by atoms with van der Waals surface area (Å²) in [5, 5.41) is 11.2. The first-order valence-electron chi connectivity index (χ1n) is 12.0. The Morgan fingerprint density at radius 1 is 1.19 bits per heavy atom. The highest BCUT2D eigenvalue weighted by Crippen LogP contribution is 2.44. The molecule has 0 aliphatic carbocycles. The van der Waals surface area contributed by atoms with E-state index < -0.39 is 5.82 Å². The van der Waals surface area contributed by atoms with Gasteiger partial charge in [0.25, 0.3) is 0 Å². The SMILES string of the molecule is O=C1C=C(c2c(-n3cnnn3)ccc(Cl)c2F)C[C@@H]2CC[C@H](c3ncc(-c4ccnc5c4CCO5)[nH]3)N12. The highest BCUT2D eigenvalue weighted by Gasteiger charge is 2.42. The summed E-state index contributed by atoms with van der Waals surface area (Å²) in [5.41, 5.74) is 4.18. The van der Waals surface area contributed by atoms with Gasteiger partial charge >= 0.3 is 0 Å². The van der Waals surface area contributed by atoms with Gasteiger partial charge in [0, 0.05) is 41.4 Å². The van der Waals surface area contributed by atoms with Crippen molar-refractivity contribution in [1.29, 1.82) is 0 Å². The molecule has 1 N–H and O–H groups in total. The van der Waals surface area contributed by atoms with Gasteiger partial charge in [0.2, 0.25) is 11.8 Å². The van der Waals surface area contributed by atoms with Crippen LogP contribution < -0.4 is 4.74 Å². The molecule has 2 atom stereocenters. The van der Waals surface area contributed by atoms with E-state index >= 15 is 4.39 Å². The van der Waals surface area contributed by atoms with Crippen LogP contribution in [-0.2, 0) is 11.2 Å². The molecule has 3 aliphatic rings. The Morgan fingerprint density at radius 2 is 2.11 bits per heavy atom. The van der Waals surface area contributed by atoms with E-state index in [0.29, 0.717) is 30.2 Å². The van der Waals surface area contributed by atoms with Crippen LogP contribution in [0.1, 0.15) is 42.3 Å². The maximum atomic E-state index is 15.3. The Bertz CT molecular complexity index is 1570. The van der Waals surface area contributed by atoms with Crippen LogP contribution in [0.4, 0.5) is 4.39 Å². The first kappa shape index (κ1) is 22.1. The van der Waals surface area contributed by atoms with Gasteiger partial charge in [-0.2, -0.15) is 4.68 Å². The lowest BCUT2D eigenvalue weighted by molar-refractivity contribution is -0.129. The fourth-order valence-electron chi connectivity index (χ4n) is 5.69. The number of hydrogen-bond donors (Lipinski definition) is 1. The zero-order valence-corrected chi connectivity index (χ0v) is 20.2. The van der Waals surface area contributed by atoms with E-state index in [1.807, 2.05) is 11.0 Å². The minimum absolute atomic E-state index is 0.0250. The molecule has 0 spiro atoms. The zero-order valence-electron chi connectivity index (χ0n) is 19.4. The summed E-state index contributed by atoms with van der Waals surface area (Å²) in [4.78, 5) is 27.7. The van der Waals surface area contributed by atoms with Crippen LogP contribution in [0.2, 0.25) is 5.02 Å². The van der Waals surface area contributed by atoms with Gasteiger partial charge < -0.3 is 14.6 Å². The van der Waals surface area contributed by atoms with Crippen molar-refractivity contribution in [3.8, 4) is 22.8 Å². The second-order valence-electron chi connectivity index (χ2n) is 9.30. The molecule has 3 aliphatic heterocycles. The number of nitrogens with one attached hydrogen (secondary N) is 1. The molecule has 10 nitrogen and oxygen atoms in total. The van der Waals surface area contributed by atoms with Gasteiger partial charge in [0.1, 0.15) is 12.2 Å². The molecule has 0 unspecified atom stereocenters. The number of tetrazole rings is 1. The molecule has 1 fully saturated rings. The monoisotopic (exact) mass is 518 g/mol. The number of halogens is 2. The third-order valence-electron chi connectivity index (χ3n) is 7.31. The third-order valence-corrected chi connectivity index (χ3v) is 7.60. The third kappa shape index (κ3) is 3.52. The van der Waals surface area contributed by atoms with E-state index in [2.05, 4.69) is 30.5 Å². The van der Waals surface area contributed by atoms with Crippen LogP contribution in [0.25, 0.3) is 22.5 Å². The number of imidazole rings is 1. The van der Waals surface area contributed by atoms with Gasteiger partial charge in [-0.15, -0.1) is 5.10 Å². The van der Waals surface area contributed by atoms with Crippen LogP contribution in [0.3, 0.4) is 0 Å². The molecule has 1 amide bonds. The Hall–Kier alpha value is -4.12. The number of benzene rings is 1. The van der Waals surface area contributed by atoms with Crippen molar-refractivity contribution in [2.75, 3.05) is 6.61 Å². The average Bonchev–Trinajstić information content (AvgIpc) is 3.71. The standard InChI is InChI=1S/C25H20ClFN8O2/c26-17-2-4-19(34-12-30-32-33-34)22(23(17)27)13-9-14-1-3-20(35(14)21(36)10-13)24-29-11-18(31-24)15-5-7-28-25-16(15)6-8-37-25/h2,4-5,7,10-12,14,20H,1,3,6,8-9H2,(H,29,31)/t14-,20+/m0/s1. The predicted molar refractivity (Wildman–Crippen MR) is 130 cm³/mol. The number of amides is 1. The number of hydrogen-bond acceptors (Lipinski definition) is 7. The van der Waals surface area contributed by atoms with Crippen molar-refractivity contribution < 1.29 is 13.9 Å². The van der Waals surface area contributed by atoms with Crippen molar-refractivity contribution in [3.05, 3.63) is 70.8 Å². The second-order valence-corrected chi connectivity index (χ2v) is 9.71. The summed E-state index contributed by atoms with van der Waals surface area (Å²) >= 11 is 6.12. The maximum absolute atomic E-state index is 15.3. The van der Waals surface area contributed by atoms with Crippen LogP contribution in [0.15, 0.2) is 43.0 Å². The van der Waals surface area contributed by atoms with E-state index in [1.165, 1.54) is 23.2 Å². The van der Waals surface area contributed by atoms with E-state index in [1.54, 1.807) is 18.5 Å². The molecule has 7 rings (SSSR count). The van der Waals surface area contributed by atoms with Crippen molar-refractivity contribution in [2.45, 2.75) is 37.8 Å². The number of aromatic amines is 1. The van der Waals surface area contributed by atoms with Gasteiger partial charge in [-0.3, -0.25) is 4.79 Å². The van der Waals surface area contributed by atoms with E-state index in [0.717, 1.165) is 41.9 Å². The Balaban J connectivity index is 1.21. The number of ether oxygens (including phenoxy) is 1. The number of carbonyl (C=O) groups is 1. The predicted octanol–water partition coefficient (Wildman–Crippen LogP) is 3.69. The number of nitrogens with zero attached hydrogens (tertiary/aromatic N) is 7. The number of pyridine rings is 1. The summed E-state index contributed by atoms with van der Waals surface area (Å²) in [7, 11) is 0. The lowest BCUT2D eigenvalue weighted by atomic mass is 9.92. The molecule has 6 heterocycles. The smallest absolute Gasteiger partial charge is 0.247 e. The van der Waals surface area contributed by atoms with Crippen molar-refractivity contribution in [2.24, 2.45) is 0 Å². The van der Waals surface area contributed by atoms with Crippen LogP contribution in [0.5, 0.6) is 5.88 Å². The molecule has 186 valence electrons. The lowest BCUT2D eigenvalue weighted by Gasteiger charge is -2.33. The Kier molecular flexibility index (Phi) is 5.07. The van der Waals surface area contributed by atoms with Gasteiger partial charge in [0.15, 0.2) is 5.82 Å². The fourth-order valence-corrected chi connectivity index (χ4v) is 5.85. The van der Waals surface area contributed by atoms with E-state index in [-0.39, 0.29) is 28.6 Å². The minimum atomic E-state index is -0.596. The number of carbonyl (C=O) groups excluding carboxylic acids is 1. The molecule has 0 saturated carbocycles. The van der Waals surface area contributed by atoms with Crippen molar-refractivity contribution in [1.82, 2.24) is 40.1 Å². The van der Waals surface area contributed by atoms with E-state index in [9.17, 15) is 4.79 Å². The van der Waals surface area contributed by atoms with Gasteiger partial charge in [-0.25, -0.2) is 14.4 Å². The minimum Gasteiger partial charge on any atom is -0.477 e. The highest BCUT2D eigenvalue weighted by atomic mass is 35.5. The highest BCUT2D eigenvalue weighted by molar-refractivity contribution is 6.31. The normalized spacial score (nSPS) is 20.5. The molecular weight excluding hydrogens is 499 g/mol. The number of aromatic nitrogens is 7. The molecule has 1 aromatic carbocycles. The summed E-state index contributed by atoms with van der Waals surface area (Å²) in [6, 6.07) is 4.77. The lowest BCUT2D eigenvalue weighted by Crippen LogP contribution is -2.39. The maximum Gasteiger partial charge on any atom is 0.247 e. The van der Waals surface area contributed by atoms with Gasteiger partial charge in [-0.1, -0.05) is 11.6 Å². The molecule has 1 saturated heterocycles. The van der Waals surface area contributed by atoms with Crippen molar-refractivity contribution >= 4 is 23.1 Å². The number of fused-ring (bicyclic) bond motifs is 2. The Labute approximate surface area is 215 Å². The molecule has 4 aromatic rings. The Morgan fingerprint density at radius 3 is 2.97 bits per heavy atom. The number of H-pyrrole nitrogens is 1. The summed E-state index contributed by atoms with van der Waals surface area (Å²) in [6.07, 6.45) is 9.20. The fraction of sp³-hybridized carbons (Fsp3) is 0.280. The van der Waals surface area contributed by atoms with E-state index in [4.69, 9.17) is 16.3 Å². The molecule has 3 aromatic heterocycles. The first-order chi connectivity index (χ1) is 18.1. The van der Waals surface area contributed by atoms with Crippen LogP contribution in [0, 0.1) is 5.82 Å². The van der Waals surface area contributed by atoms with Gasteiger partial charge in [-0.05, 0) is 53.5 Å². The second kappa shape index (κ2) is 8.48. The zero-order chi connectivity index (χ0) is 25.1. The summed E-state index contributed by atoms with van der Waals surface area (Å²) < 4.78 is 22.3. The van der Waals surface area contributed by atoms with Crippen LogP contribution in [-0.4, -0.2) is 58.6 Å². The average molecular weight is 519 g/mol. The number of rotatable bonds is 4. The topological polar surface area (TPSA) is 115 Å². The molecule has 0 radical (unpaired) electrons. The first-order valence-corrected chi connectivity index (χ1v) is 12.4. The summed E-state index contributed by atoms with van der Waals surface area (Å²) in [5.74, 6) is 0.608. The van der Waals surface area contributed by atoms with Gasteiger partial charge in [0.05, 0.1) is 35.2 Å². The van der Waals surface area contributed by atoms with Crippen molar-refractivity contribution in [3.63, 3.8) is 0 Å². The molecule has 12 heteroatoms.